The molecule has 0 aromatic carbocycles. The summed E-state index contributed by atoms with van der Waals surface area (Å²) in [4.78, 5) is 28.2. The largest absolute Gasteiger partial charge is 0.463 e. The van der Waals surface area contributed by atoms with E-state index in [-0.39, 0.29) is 30.5 Å². The van der Waals surface area contributed by atoms with Crippen LogP contribution in [0.3, 0.4) is 0 Å². The van der Waals surface area contributed by atoms with Crippen molar-refractivity contribution in [1.82, 2.24) is 14.6 Å². The predicted octanol–water partition coefficient (Wildman–Crippen LogP) is 1.31. The average Bonchev–Trinajstić information content (AvgIpc) is 3.32. The molecule has 0 radical (unpaired) electrons. The average molecular weight is 490 g/mol. The second kappa shape index (κ2) is 10.2. The molecule has 2 aromatic heterocycles. The van der Waals surface area contributed by atoms with Gasteiger partial charge in [0.1, 0.15) is 42.8 Å². The first-order valence-electron chi connectivity index (χ1n) is 11.2. The van der Waals surface area contributed by atoms with E-state index in [0.29, 0.717) is 5.52 Å². The fourth-order valence-electron chi connectivity index (χ4n) is 3.68. The SMILES string of the molecule is CC(C)CC(=O)OC[C@H]1O[C@@](C#N)(c2ccc3c(N)ncnn23)[C@H](O)[C@@H]1OCOC(=O)C(C)(C)C. The summed E-state index contributed by atoms with van der Waals surface area (Å²) >= 11 is 0. The van der Waals surface area contributed by atoms with Gasteiger partial charge in [0.25, 0.3) is 0 Å². The number of hydrogen-bond donors (Lipinski definition) is 2. The van der Waals surface area contributed by atoms with E-state index >= 15 is 0 Å². The van der Waals surface area contributed by atoms with Gasteiger partial charge in [-0.1, -0.05) is 13.8 Å². The molecule has 12 nitrogen and oxygen atoms in total. The van der Waals surface area contributed by atoms with Crippen LogP contribution in [-0.2, 0) is 34.1 Å². The molecule has 3 rings (SSSR count). The molecule has 12 heteroatoms. The monoisotopic (exact) mass is 489 g/mol. The maximum absolute atomic E-state index is 12.1. The molecular weight excluding hydrogens is 458 g/mol. The fourth-order valence-corrected chi connectivity index (χ4v) is 3.68. The van der Waals surface area contributed by atoms with Crippen LogP contribution in [0.1, 0.15) is 46.7 Å². The Morgan fingerprint density at radius 1 is 1.34 bits per heavy atom. The molecule has 190 valence electrons. The Balaban J connectivity index is 1.89. The van der Waals surface area contributed by atoms with E-state index in [2.05, 4.69) is 10.1 Å². The summed E-state index contributed by atoms with van der Waals surface area (Å²) in [7, 11) is 0. The van der Waals surface area contributed by atoms with Crippen LogP contribution >= 0.6 is 0 Å². The van der Waals surface area contributed by atoms with Gasteiger partial charge in [0.15, 0.2) is 12.6 Å². The normalized spacial score (nSPS) is 24.5. The van der Waals surface area contributed by atoms with Crippen molar-refractivity contribution in [2.45, 2.75) is 65.0 Å². The molecule has 0 bridgehead atoms. The van der Waals surface area contributed by atoms with E-state index in [0.717, 1.165) is 0 Å². The van der Waals surface area contributed by atoms with Crippen molar-refractivity contribution < 1.29 is 33.6 Å². The molecule has 4 atom stereocenters. The maximum atomic E-state index is 12.1. The summed E-state index contributed by atoms with van der Waals surface area (Å²) in [6.45, 7) is 8.02. The summed E-state index contributed by atoms with van der Waals surface area (Å²) in [5, 5.41) is 25.6. The topological polar surface area (TPSA) is 171 Å². The van der Waals surface area contributed by atoms with Crippen LogP contribution in [0.2, 0.25) is 0 Å². The minimum absolute atomic E-state index is 0.0804. The molecule has 3 heterocycles. The van der Waals surface area contributed by atoms with E-state index in [1.54, 1.807) is 26.8 Å². The van der Waals surface area contributed by atoms with Gasteiger partial charge >= 0.3 is 11.9 Å². The zero-order valence-corrected chi connectivity index (χ0v) is 20.4. The van der Waals surface area contributed by atoms with Gasteiger partial charge in [0.05, 0.1) is 11.1 Å². The number of aromatic nitrogens is 3. The van der Waals surface area contributed by atoms with Gasteiger partial charge in [-0.05, 0) is 38.8 Å². The van der Waals surface area contributed by atoms with E-state index in [1.807, 2.05) is 19.9 Å². The van der Waals surface area contributed by atoms with Gasteiger partial charge in [-0.3, -0.25) is 9.59 Å². The molecular formula is C23H31N5O7. The van der Waals surface area contributed by atoms with Crippen molar-refractivity contribution >= 4 is 23.3 Å². The van der Waals surface area contributed by atoms with E-state index in [4.69, 9.17) is 24.7 Å². The van der Waals surface area contributed by atoms with Crippen LogP contribution in [0.25, 0.3) is 5.52 Å². The number of nitrogen functional groups attached to an aromatic ring is 1. The zero-order chi connectivity index (χ0) is 26.0. The predicted molar refractivity (Wildman–Crippen MR) is 121 cm³/mol. The molecule has 1 saturated heterocycles. The summed E-state index contributed by atoms with van der Waals surface area (Å²) in [6.07, 6.45) is -2.36. The molecule has 35 heavy (non-hydrogen) atoms. The second-order valence-corrected chi connectivity index (χ2v) is 9.82. The standard InChI is InChI=1S/C23H31N5O7/c1-13(2)8-17(29)32-9-15-18(33-12-34-21(31)22(3,4)5)19(30)23(10-24,35-15)16-7-6-14-20(25)26-11-27-28(14)16/h6-7,11,13,15,18-19,30H,8-9,12H2,1-5H3,(H2,25,26,27)/t15-,18-,19-,23+/m1/s1. The molecule has 1 aliphatic heterocycles. The lowest BCUT2D eigenvalue weighted by Crippen LogP contribution is -2.43. The number of rotatable bonds is 8. The Morgan fingerprint density at radius 2 is 2.06 bits per heavy atom. The zero-order valence-electron chi connectivity index (χ0n) is 20.4. The number of fused-ring (bicyclic) bond motifs is 1. The number of esters is 2. The van der Waals surface area contributed by atoms with Gasteiger partial charge in [-0.15, -0.1) is 0 Å². The van der Waals surface area contributed by atoms with Crippen molar-refractivity contribution in [3.8, 4) is 6.07 Å². The summed E-state index contributed by atoms with van der Waals surface area (Å²) in [5.74, 6) is -0.717. The molecule has 0 unspecified atom stereocenters. The number of anilines is 1. The van der Waals surface area contributed by atoms with Crippen LogP contribution < -0.4 is 5.73 Å². The van der Waals surface area contributed by atoms with Gasteiger partial charge in [0, 0.05) is 6.42 Å². The molecule has 0 amide bonds. The van der Waals surface area contributed by atoms with Crippen LogP contribution in [-0.4, -0.2) is 63.4 Å². The van der Waals surface area contributed by atoms with Crippen molar-refractivity contribution in [2.75, 3.05) is 19.1 Å². The molecule has 1 aliphatic rings. The highest BCUT2D eigenvalue weighted by Crippen LogP contribution is 2.41. The highest BCUT2D eigenvalue weighted by molar-refractivity contribution is 5.75. The van der Waals surface area contributed by atoms with Crippen LogP contribution in [0.15, 0.2) is 18.5 Å². The number of ether oxygens (including phenoxy) is 4. The van der Waals surface area contributed by atoms with E-state index in [9.17, 15) is 20.0 Å². The second-order valence-electron chi connectivity index (χ2n) is 9.82. The van der Waals surface area contributed by atoms with Gasteiger partial charge < -0.3 is 29.8 Å². The van der Waals surface area contributed by atoms with E-state index in [1.165, 1.54) is 16.9 Å². The lowest BCUT2D eigenvalue weighted by molar-refractivity contribution is -0.178. The number of aliphatic hydroxyl groups is 1. The first kappa shape index (κ1) is 26.3. The first-order chi connectivity index (χ1) is 16.4. The van der Waals surface area contributed by atoms with Gasteiger partial charge in [-0.25, -0.2) is 9.50 Å². The molecule has 2 aromatic rings. The van der Waals surface area contributed by atoms with Crippen LogP contribution in [0.5, 0.6) is 0 Å². The number of hydrogen-bond acceptors (Lipinski definition) is 11. The Kier molecular flexibility index (Phi) is 7.64. The smallest absolute Gasteiger partial charge is 0.313 e. The number of nitriles is 1. The summed E-state index contributed by atoms with van der Waals surface area (Å²) in [6, 6.07) is 5.15. The highest BCUT2D eigenvalue weighted by atomic mass is 16.7. The molecule has 3 N–H and O–H groups in total. The maximum Gasteiger partial charge on any atom is 0.313 e. The van der Waals surface area contributed by atoms with E-state index < -0.39 is 48.1 Å². The number of carbonyl (C=O) groups excluding carboxylic acids is 2. The molecule has 0 saturated carbocycles. The lowest BCUT2D eigenvalue weighted by Gasteiger charge is -2.25. The first-order valence-corrected chi connectivity index (χ1v) is 11.2. The summed E-state index contributed by atoms with van der Waals surface area (Å²) in [5.41, 5.74) is 3.80. The van der Waals surface area contributed by atoms with Gasteiger partial charge in [-0.2, -0.15) is 10.4 Å². The third-order valence-corrected chi connectivity index (χ3v) is 5.51. The van der Waals surface area contributed by atoms with Crippen LogP contribution in [0, 0.1) is 22.7 Å². The third-order valence-electron chi connectivity index (χ3n) is 5.51. The quantitative estimate of drug-likeness (QED) is 0.404. The minimum Gasteiger partial charge on any atom is -0.463 e. The van der Waals surface area contributed by atoms with Crippen LogP contribution in [0.4, 0.5) is 5.82 Å². The molecule has 0 aliphatic carbocycles. The fraction of sp³-hybridized carbons (Fsp3) is 0.609. The van der Waals surface area contributed by atoms with Crippen molar-refractivity contribution in [1.29, 1.82) is 5.26 Å². The Morgan fingerprint density at radius 3 is 2.69 bits per heavy atom. The third kappa shape index (κ3) is 5.37. The number of nitrogens with two attached hydrogens (primary N) is 1. The van der Waals surface area contributed by atoms with Crippen molar-refractivity contribution in [2.24, 2.45) is 11.3 Å². The Bertz CT molecular complexity index is 1120. The van der Waals surface area contributed by atoms with Crippen molar-refractivity contribution in [3.63, 3.8) is 0 Å². The minimum atomic E-state index is -1.94. The molecule has 1 fully saturated rings. The van der Waals surface area contributed by atoms with Gasteiger partial charge in [0.2, 0.25) is 5.60 Å². The number of nitrogens with zero attached hydrogens (tertiary/aromatic N) is 4. The number of carbonyl (C=O) groups is 2. The Hall–Kier alpha value is -3.27. The molecule has 0 spiro atoms. The Labute approximate surface area is 202 Å². The number of aliphatic hydroxyl groups excluding tert-OH is 1. The highest BCUT2D eigenvalue weighted by Gasteiger charge is 2.59. The van der Waals surface area contributed by atoms with Crippen molar-refractivity contribution in [3.05, 3.63) is 24.2 Å². The summed E-state index contributed by atoms with van der Waals surface area (Å²) < 4.78 is 23.5. The lowest BCUT2D eigenvalue weighted by atomic mass is 9.92.